The van der Waals surface area contributed by atoms with Crippen LogP contribution in [0.1, 0.15) is 7.43 Å². The zero-order valence-electron chi connectivity index (χ0n) is 5.69. The molecular formula is C7H12N2O2S. The van der Waals surface area contributed by atoms with Gasteiger partial charge in [0.25, 0.3) is 0 Å². The Morgan fingerprint density at radius 2 is 1.50 bits per heavy atom. The van der Waals surface area contributed by atoms with E-state index >= 15 is 0 Å². The van der Waals surface area contributed by atoms with Gasteiger partial charge in [0.05, 0.1) is 4.90 Å². The van der Waals surface area contributed by atoms with E-state index in [0.29, 0.717) is 5.69 Å². The number of nitrogens with two attached hydrogens (primary N) is 2. The Morgan fingerprint density at radius 3 is 1.83 bits per heavy atom. The predicted molar refractivity (Wildman–Crippen MR) is 49.0 cm³/mol. The molecular weight excluding hydrogens is 176 g/mol. The van der Waals surface area contributed by atoms with E-state index in [1.165, 1.54) is 24.3 Å². The minimum absolute atomic E-state index is 0. The number of primary sulfonamides is 1. The van der Waals surface area contributed by atoms with Crippen LogP contribution in [0.3, 0.4) is 0 Å². The lowest BCUT2D eigenvalue weighted by atomic mass is 10.3. The number of sulfonamides is 1. The summed E-state index contributed by atoms with van der Waals surface area (Å²) in [5.41, 5.74) is 5.85. The summed E-state index contributed by atoms with van der Waals surface area (Å²) in [6, 6.07) is 5.70. The number of benzene rings is 1. The Balaban J connectivity index is 0.00000121. The monoisotopic (exact) mass is 188 g/mol. The van der Waals surface area contributed by atoms with Gasteiger partial charge in [-0.3, -0.25) is 0 Å². The molecule has 0 spiro atoms. The van der Waals surface area contributed by atoms with Crippen LogP contribution in [0.25, 0.3) is 0 Å². The quantitative estimate of drug-likeness (QED) is 0.631. The van der Waals surface area contributed by atoms with Crippen molar-refractivity contribution in [2.45, 2.75) is 12.3 Å². The van der Waals surface area contributed by atoms with Crippen LogP contribution in [0, 0.1) is 0 Å². The standard InChI is InChI=1S/C6H8N2O2S.CH4/c7-5-1-3-6(4-2-5)11(8,9)10;/h1-4H,7H2,(H2,8,9,10);1H4. The Labute approximate surface area is 72.2 Å². The van der Waals surface area contributed by atoms with Crippen LogP contribution >= 0.6 is 0 Å². The maximum absolute atomic E-state index is 10.7. The molecule has 0 aliphatic rings. The molecule has 0 unspecified atom stereocenters. The topological polar surface area (TPSA) is 86.2 Å². The van der Waals surface area contributed by atoms with Crippen molar-refractivity contribution in [1.82, 2.24) is 0 Å². The molecule has 0 amide bonds. The van der Waals surface area contributed by atoms with Crippen molar-refractivity contribution in [3.63, 3.8) is 0 Å². The number of hydrogen-bond acceptors (Lipinski definition) is 3. The van der Waals surface area contributed by atoms with Crippen LogP contribution in [0.5, 0.6) is 0 Å². The summed E-state index contributed by atoms with van der Waals surface area (Å²) in [5, 5.41) is 4.84. The Hall–Kier alpha value is -1.07. The molecule has 0 radical (unpaired) electrons. The van der Waals surface area contributed by atoms with E-state index < -0.39 is 10.0 Å². The van der Waals surface area contributed by atoms with Gasteiger partial charge in [-0.05, 0) is 24.3 Å². The number of anilines is 1. The fraction of sp³-hybridized carbons (Fsp3) is 0.143. The van der Waals surface area contributed by atoms with Gasteiger partial charge in [0.2, 0.25) is 10.0 Å². The molecule has 0 atom stereocenters. The zero-order chi connectivity index (χ0) is 8.48. The van der Waals surface area contributed by atoms with Gasteiger partial charge >= 0.3 is 0 Å². The molecule has 0 aliphatic heterocycles. The molecule has 4 nitrogen and oxygen atoms in total. The molecule has 0 aromatic heterocycles. The molecule has 5 heteroatoms. The highest BCUT2D eigenvalue weighted by atomic mass is 32.2. The van der Waals surface area contributed by atoms with Crippen molar-refractivity contribution in [3.05, 3.63) is 24.3 Å². The molecule has 1 aromatic rings. The molecule has 1 rings (SSSR count). The summed E-state index contributed by atoms with van der Waals surface area (Å²) in [6.07, 6.45) is 0. The molecule has 0 fully saturated rings. The van der Waals surface area contributed by atoms with Gasteiger partial charge in [0.1, 0.15) is 0 Å². The summed E-state index contributed by atoms with van der Waals surface area (Å²) < 4.78 is 21.4. The maximum atomic E-state index is 10.7. The predicted octanol–water partition coefficient (Wildman–Crippen LogP) is 0.552. The molecule has 0 heterocycles. The second-order valence-corrected chi connectivity index (χ2v) is 3.68. The first-order valence-electron chi connectivity index (χ1n) is 2.88. The SMILES string of the molecule is C.Nc1ccc(S(N)(=O)=O)cc1. The lowest BCUT2D eigenvalue weighted by Crippen LogP contribution is -2.11. The average molecular weight is 188 g/mol. The van der Waals surface area contributed by atoms with Crippen LogP contribution in [0.4, 0.5) is 5.69 Å². The van der Waals surface area contributed by atoms with Gasteiger partial charge in [-0.2, -0.15) is 0 Å². The summed E-state index contributed by atoms with van der Waals surface area (Å²) in [5.74, 6) is 0. The molecule has 0 bridgehead atoms. The van der Waals surface area contributed by atoms with Crippen LogP contribution in [0.2, 0.25) is 0 Å². The van der Waals surface area contributed by atoms with Crippen molar-refractivity contribution >= 4 is 15.7 Å². The van der Waals surface area contributed by atoms with Gasteiger partial charge in [0, 0.05) is 5.69 Å². The van der Waals surface area contributed by atoms with Gasteiger partial charge in [-0.25, -0.2) is 13.6 Å². The Kier molecular flexibility index (Phi) is 3.24. The van der Waals surface area contributed by atoms with Crippen molar-refractivity contribution < 1.29 is 8.42 Å². The van der Waals surface area contributed by atoms with Crippen molar-refractivity contribution in [3.8, 4) is 0 Å². The second kappa shape index (κ2) is 3.55. The molecule has 0 saturated heterocycles. The highest BCUT2D eigenvalue weighted by Crippen LogP contribution is 2.08. The first kappa shape index (κ1) is 10.9. The lowest BCUT2D eigenvalue weighted by Gasteiger charge is -1.96. The van der Waals surface area contributed by atoms with Crippen molar-refractivity contribution in [1.29, 1.82) is 0 Å². The zero-order valence-corrected chi connectivity index (χ0v) is 6.51. The van der Waals surface area contributed by atoms with Crippen LogP contribution in [-0.2, 0) is 10.0 Å². The number of rotatable bonds is 1. The summed E-state index contributed by atoms with van der Waals surface area (Å²) in [6.45, 7) is 0. The smallest absolute Gasteiger partial charge is 0.238 e. The molecule has 12 heavy (non-hydrogen) atoms. The third-order valence-corrected chi connectivity index (χ3v) is 2.14. The van der Waals surface area contributed by atoms with Crippen molar-refractivity contribution in [2.75, 3.05) is 5.73 Å². The Bertz CT molecular complexity index is 342. The molecule has 1 aromatic carbocycles. The van der Waals surface area contributed by atoms with E-state index in [-0.39, 0.29) is 12.3 Å². The lowest BCUT2D eigenvalue weighted by molar-refractivity contribution is 0.598. The van der Waals surface area contributed by atoms with Crippen LogP contribution in [-0.4, -0.2) is 8.42 Å². The van der Waals surface area contributed by atoms with E-state index in [2.05, 4.69) is 0 Å². The van der Waals surface area contributed by atoms with Crippen LogP contribution < -0.4 is 10.9 Å². The second-order valence-electron chi connectivity index (χ2n) is 2.11. The minimum atomic E-state index is -3.58. The van der Waals surface area contributed by atoms with Gasteiger partial charge in [-0.15, -0.1) is 0 Å². The fourth-order valence-corrected chi connectivity index (χ4v) is 1.17. The Morgan fingerprint density at radius 1 is 1.08 bits per heavy atom. The normalized spacial score (nSPS) is 10.4. The van der Waals surface area contributed by atoms with E-state index in [9.17, 15) is 8.42 Å². The van der Waals surface area contributed by atoms with E-state index in [4.69, 9.17) is 10.9 Å². The molecule has 4 N–H and O–H groups in total. The average Bonchev–Trinajstić information content (AvgIpc) is 1.86. The summed E-state index contributed by atoms with van der Waals surface area (Å²) in [4.78, 5) is 0.0756. The van der Waals surface area contributed by atoms with E-state index in [1.54, 1.807) is 0 Å². The van der Waals surface area contributed by atoms with Crippen LogP contribution in [0.15, 0.2) is 29.2 Å². The fourth-order valence-electron chi connectivity index (χ4n) is 0.658. The molecule has 0 saturated carbocycles. The van der Waals surface area contributed by atoms with Gasteiger partial charge in [0.15, 0.2) is 0 Å². The summed E-state index contributed by atoms with van der Waals surface area (Å²) in [7, 11) is -3.58. The minimum Gasteiger partial charge on any atom is -0.399 e. The van der Waals surface area contributed by atoms with E-state index in [1.807, 2.05) is 0 Å². The largest absolute Gasteiger partial charge is 0.399 e. The molecule has 0 aliphatic carbocycles. The highest BCUT2D eigenvalue weighted by molar-refractivity contribution is 7.89. The molecule has 68 valence electrons. The number of hydrogen-bond donors (Lipinski definition) is 2. The number of nitrogen functional groups attached to an aromatic ring is 1. The maximum Gasteiger partial charge on any atom is 0.238 e. The first-order valence-corrected chi connectivity index (χ1v) is 4.43. The highest BCUT2D eigenvalue weighted by Gasteiger charge is 2.04. The third kappa shape index (κ3) is 2.52. The first-order chi connectivity index (χ1) is 5.00. The van der Waals surface area contributed by atoms with Gasteiger partial charge < -0.3 is 5.73 Å². The van der Waals surface area contributed by atoms with Gasteiger partial charge in [-0.1, -0.05) is 7.43 Å². The van der Waals surface area contributed by atoms with E-state index in [0.717, 1.165) is 0 Å². The van der Waals surface area contributed by atoms with Crippen molar-refractivity contribution in [2.24, 2.45) is 5.14 Å². The summed E-state index contributed by atoms with van der Waals surface area (Å²) >= 11 is 0. The third-order valence-electron chi connectivity index (χ3n) is 1.21.